The van der Waals surface area contributed by atoms with Gasteiger partial charge in [-0.2, -0.15) is 0 Å². The van der Waals surface area contributed by atoms with Crippen molar-refractivity contribution in [2.75, 3.05) is 24.6 Å². The predicted octanol–water partition coefficient (Wildman–Crippen LogP) is 2.59. The van der Waals surface area contributed by atoms with Crippen LogP contribution in [0.25, 0.3) is 0 Å². The molecule has 0 aliphatic heterocycles. The maximum atomic E-state index is 12.0. The van der Waals surface area contributed by atoms with E-state index >= 15 is 0 Å². The fraction of sp³-hybridized carbons (Fsp3) is 0.500. The molecule has 3 N–H and O–H groups in total. The topological polar surface area (TPSA) is 58.4 Å². The van der Waals surface area contributed by atoms with Crippen LogP contribution in [-0.4, -0.2) is 30.4 Å². The molecule has 1 aliphatic carbocycles. The Balaban J connectivity index is 1.89. The highest BCUT2D eigenvalue weighted by Gasteiger charge is 2.30. The van der Waals surface area contributed by atoms with Gasteiger partial charge in [-0.25, -0.2) is 0 Å². The summed E-state index contributed by atoms with van der Waals surface area (Å²) in [5, 5.41) is 3.38. The summed E-state index contributed by atoms with van der Waals surface area (Å²) in [6.45, 7) is 2.54. The van der Waals surface area contributed by atoms with Crippen LogP contribution in [0.1, 0.15) is 19.8 Å². The van der Waals surface area contributed by atoms with E-state index in [9.17, 15) is 4.79 Å². The van der Waals surface area contributed by atoms with Crippen molar-refractivity contribution in [1.29, 1.82) is 0 Å². The number of nitrogens with one attached hydrogen (secondary N) is 1. The number of benzene rings is 1. The van der Waals surface area contributed by atoms with E-state index in [1.807, 2.05) is 7.05 Å². The fourth-order valence-corrected chi connectivity index (χ4v) is 2.33. The van der Waals surface area contributed by atoms with Crippen molar-refractivity contribution in [3.05, 3.63) is 23.2 Å². The fourth-order valence-electron chi connectivity index (χ4n) is 2.15. The van der Waals surface area contributed by atoms with Crippen molar-refractivity contribution in [3.8, 4) is 0 Å². The van der Waals surface area contributed by atoms with Crippen LogP contribution in [0.3, 0.4) is 0 Å². The lowest BCUT2D eigenvalue weighted by Crippen LogP contribution is -2.37. The van der Waals surface area contributed by atoms with E-state index in [1.165, 1.54) is 12.8 Å². The van der Waals surface area contributed by atoms with Gasteiger partial charge in [0.05, 0.1) is 17.9 Å². The predicted molar refractivity (Wildman–Crippen MR) is 79.3 cm³/mol. The summed E-state index contributed by atoms with van der Waals surface area (Å²) in [6, 6.07) is 5.52. The maximum absolute atomic E-state index is 12.0. The van der Waals surface area contributed by atoms with Crippen LogP contribution in [0.2, 0.25) is 5.02 Å². The van der Waals surface area contributed by atoms with E-state index in [1.54, 1.807) is 18.2 Å². The Labute approximate surface area is 118 Å². The third kappa shape index (κ3) is 3.85. The molecule has 0 radical (unpaired) electrons. The smallest absolute Gasteiger partial charge is 0.238 e. The lowest BCUT2D eigenvalue weighted by atomic mass is 10.2. The van der Waals surface area contributed by atoms with Crippen LogP contribution < -0.4 is 11.1 Å². The number of anilines is 2. The van der Waals surface area contributed by atoms with Gasteiger partial charge in [-0.3, -0.25) is 9.69 Å². The molecule has 1 aliphatic rings. The second-order valence-electron chi connectivity index (χ2n) is 5.27. The van der Waals surface area contributed by atoms with Crippen LogP contribution in [0, 0.1) is 5.92 Å². The highest BCUT2D eigenvalue weighted by atomic mass is 35.5. The van der Waals surface area contributed by atoms with Gasteiger partial charge in [0.1, 0.15) is 0 Å². The van der Waals surface area contributed by atoms with Gasteiger partial charge in [0, 0.05) is 11.1 Å². The molecular formula is C14H20ClN3O. The summed E-state index contributed by atoms with van der Waals surface area (Å²) in [5.41, 5.74) is 6.90. The molecule has 1 unspecified atom stereocenters. The average Bonchev–Trinajstić information content (AvgIpc) is 3.15. The first-order valence-electron chi connectivity index (χ1n) is 6.52. The van der Waals surface area contributed by atoms with Gasteiger partial charge < -0.3 is 11.1 Å². The number of carbonyl (C=O) groups is 1. The van der Waals surface area contributed by atoms with Crippen molar-refractivity contribution >= 4 is 28.9 Å². The van der Waals surface area contributed by atoms with E-state index in [4.69, 9.17) is 17.3 Å². The van der Waals surface area contributed by atoms with Gasteiger partial charge in [-0.15, -0.1) is 0 Å². The Morgan fingerprint density at radius 2 is 2.26 bits per heavy atom. The Morgan fingerprint density at radius 3 is 2.84 bits per heavy atom. The summed E-state index contributed by atoms with van der Waals surface area (Å²) in [6.07, 6.45) is 2.55. The normalized spacial score (nSPS) is 16.4. The molecule has 1 saturated carbocycles. The molecule has 0 spiro atoms. The Kier molecular flexibility index (Phi) is 4.32. The Morgan fingerprint density at radius 1 is 1.58 bits per heavy atom. The monoisotopic (exact) mass is 281 g/mol. The number of hydrogen-bond acceptors (Lipinski definition) is 3. The van der Waals surface area contributed by atoms with Gasteiger partial charge in [0.2, 0.25) is 5.91 Å². The first-order chi connectivity index (χ1) is 8.97. The molecule has 1 amide bonds. The highest BCUT2D eigenvalue weighted by Crippen LogP contribution is 2.34. The molecule has 4 nitrogen and oxygen atoms in total. The van der Waals surface area contributed by atoms with Crippen molar-refractivity contribution in [2.24, 2.45) is 5.92 Å². The molecule has 1 aromatic rings. The molecule has 104 valence electrons. The molecule has 0 heterocycles. The summed E-state index contributed by atoms with van der Waals surface area (Å²) in [4.78, 5) is 14.0. The van der Waals surface area contributed by atoms with Crippen molar-refractivity contribution in [1.82, 2.24) is 4.90 Å². The third-order valence-corrected chi connectivity index (χ3v) is 3.92. The minimum atomic E-state index is -0.0518. The number of carbonyl (C=O) groups excluding carboxylic acids is 1. The van der Waals surface area contributed by atoms with Crippen LogP contribution >= 0.6 is 11.6 Å². The van der Waals surface area contributed by atoms with Gasteiger partial charge in [0.15, 0.2) is 0 Å². The molecule has 1 atom stereocenters. The summed E-state index contributed by atoms with van der Waals surface area (Å²) < 4.78 is 0. The zero-order valence-electron chi connectivity index (χ0n) is 11.3. The molecule has 1 aromatic carbocycles. The zero-order valence-corrected chi connectivity index (χ0v) is 12.1. The van der Waals surface area contributed by atoms with Crippen LogP contribution in [-0.2, 0) is 4.79 Å². The number of nitrogens with two attached hydrogens (primary N) is 1. The standard InChI is InChI=1S/C14H20ClN3O/c1-9(10-3-4-10)18(2)8-14(19)17-13-6-5-11(15)7-12(13)16/h5-7,9-10H,3-4,8,16H2,1-2H3,(H,17,19). The minimum Gasteiger partial charge on any atom is -0.397 e. The number of nitrogens with zero attached hydrogens (tertiary/aromatic N) is 1. The number of nitrogen functional groups attached to an aromatic ring is 1. The van der Waals surface area contributed by atoms with E-state index in [2.05, 4.69) is 17.1 Å². The first-order valence-corrected chi connectivity index (χ1v) is 6.90. The van der Waals surface area contributed by atoms with Gasteiger partial charge in [0.25, 0.3) is 0 Å². The highest BCUT2D eigenvalue weighted by molar-refractivity contribution is 6.31. The maximum Gasteiger partial charge on any atom is 0.238 e. The van der Waals surface area contributed by atoms with Crippen molar-refractivity contribution in [3.63, 3.8) is 0 Å². The second kappa shape index (κ2) is 5.80. The van der Waals surface area contributed by atoms with Crippen molar-refractivity contribution in [2.45, 2.75) is 25.8 Å². The zero-order chi connectivity index (χ0) is 14.0. The first kappa shape index (κ1) is 14.2. The summed E-state index contributed by atoms with van der Waals surface area (Å²) >= 11 is 5.82. The molecule has 0 bridgehead atoms. The number of rotatable bonds is 5. The molecule has 0 aromatic heterocycles. The SMILES string of the molecule is CC(C1CC1)N(C)CC(=O)Nc1ccc(Cl)cc1N. The van der Waals surface area contributed by atoms with E-state index in [0.717, 1.165) is 5.92 Å². The molecule has 5 heteroatoms. The minimum absolute atomic E-state index is 0.0518. The van der Waals surface area contributed by atoms with Crippen LogP contribution in [0.5, 0.6) is 0 Å². The lowest BCUT2D eigenvalue weighted by Gasteiger charge is -2.23. The second-order valence-corrected chi connectivity index (χ2v) is 5.71. The van der Waals surface area contributed by atoms with Crippen LogP contribution in [0.4, 0.5) is 11.4 Å². The molecule has 2 rings (SSSR count). The third-order valence-electron chi connectivity index (χ3n) is 3.68. The number of halogens is 1. The number of likely N-dealkylation sites (N-methyl/N-ethyl adjacent to an activating group) is 1. The van der Waals surface area contributed by atoms with E-state index < -0.39 is 0 Å². The summed E-state index contributed by atoms with van der Waals surface area (Å²) in [7, 11) is 1.98. The van der Waals surface area contributed by atoms with Crippen molar-refractivity contribution < 1.29 is 4.79 Å². The summed E-state index contributed by atoms with van der Waals surface area (Å²) in [5.74, 6) is 0.697. The Hall–Kier alpha value is -1.26. The number of amides is 1. The Bertz CT molecular complexity index is 474. The molecule has 1 fully saturated rings. The molecular weight excluding hydrogens is 262 g/mol. The largest absolute Gasteiger partial charge is 0.397 e. The van der Waals surface area contributed by atoms with Gasteiger partial charge >= 0.3 is 0 Å². The molecule has 19 heavy (non-hydrogen) atoms. The quantitative estimate of drug-likeness (QED) is 0.816. The molecule has 0 saturated heterocycles. The van der Waals surface area contributed by atoms with Crippen LogP contribution in [0.15, 0.2) is 18.2 Å². The van der Waals surface area contributed by atoms with Gasteiger partial charge in [-0.05, 0) is 50.9 Å². The lowest BCUT2D eigenvalue weighted by molar-refractivity contribution is -0.117. The van der Waals surface area contributed by atoms with E-state index in [0.29, 0.717) is 29.0 Å². The van der Waals surface area contributed by atoms with E-state index in [-0.39, 0.29) is 5.91 Å². The van der Waals surface area contributed by atoms with Gasteiger partial charge in [-0.1, -0.05) is 11.6 Å². The average molecular weight is 282 g/mol. The number of hydrogen-bond donors (Lipinski definition) is 2.